The van der Waals surface area contributed by atoms with E-state index in [2.05, 4.69) is 44.7 Å². The van der Waals surface area contributed by atoms with Crippen molar-refractivity contribution in [3.63, 3.8) is 0 Å². The van der Waals surface area contributed by atoms with Gasteiger partial charge in [0.15, 0.2) is 17.3 Å². The molecule has 1 aromatic heterocycles. The lowest BCUT2D eigenvalue weighted by Crippen LogP contribution is -2.16. The summed E-state index contributed by atoms with van der Waals surface area (Å²) in [7, 11) is 1.58. The first-order valence-electron chi connectivity index (χ1n) is 9.92. The van der Waals surface area contributed by atoms with Crippen LogP contribution in [0, 0.1) is 6.92 Å². The molecule has 0 saturated carbocycles. The van der Waals surface area contributed by atoms with Crippen molar-refractivity contribution >= 4 is 38.8 Å². The molecule has 1 N–H and O–H groups in total. The number of ether oxygens (including phenoxy) is 2. The molecule has 1 amide bonds. The number of nitrogens with one attached hydrogen (secondary N) is 1. The van der Waals surface area contributed by atoms with Gasteiger partial charge < -0.3 is 13.9 Å². The Kier molecular flexibility index (Phi) is 6.56. The normalized spacial score (nSPS) is 11.1. The van der Waals surface area contributed by atoms with E-state index in [-0.39, 0.29) is 5.76 Å². The molecule has 0 aliphatic rings. The van der Waals surface area contributed by atoms with E-state index in [1.165, 1.54) is 6.21 Å². The highest BCUT2D eigenvalue weighted by atomic mass is 79.9. The van der Waals surface area contributed by atoms with E-state index in [0.29, 0.717) is 28.3 Å². The van der Waals surface area contributed by atoms with Gasteiger partial charge in [0.25, 0.3) is 0 Å². The summed E-state index contributed by atoms with van der Waals surface area (Å²) in [5.41, 5.74) is 4.25. The molecular formula is C25H21BrN2O4. The zero-order chi connectivity index (χ0) is 22.5. The summed E-state index contributed by atoms with van der Waals surface area (Å²) in [6.45, 7) is 2.16. The highest BCUT2D eigenvalue weighted by Gasteiger charge is 2.13. The van der Waals surface area contributed by atoms with Crippen molar-refractivity contribution in [3.8, 4) is 11.5 Å². The van der Waals surface area contributed by atoms with Crippen molar-refractivity contribution in [2.75, 3.05) is 7.11 Å². The van der Waals surface area contributed by atoms with E-state index in [0.717, 1.165) is 21.9 Å². The van der Waals surface area contributed by atoms with Crippen molar-refractivity contribution in [2.45, 2.75) is 13.5 Å². The lowest BCUT2D eigenvalue weighted by Gasteiger charge is -2.14. The topological polar surface area (TPSA) is 73.1 Å². The minimum atomic E-state index is -0.421. The molecule has 4 aromatic rings. The zero-order valence-corrected chi connectivity index (χ0v) is 19.2. The Morgan fingerprint density at radius 3 is 2.72 bits per heavy atom. The molecule has 0 unspecified atom stereocenters. The predicted molar refractivity (Wildman–Crippen MR) is 127 cm³/mol. The highest BCUT2D eigenvalue weighted by molar-refractivity contribution is 9.10. The molecule has 7 heteroatoms. The summed E-state index contributed by atoms with van der Waals surface area (Å²) in [6, 6.07) is 21.3. The van der Waals surface area contributed by atoms with Crippen LogP contribution < -0.4 is 14.9 Å². The van der Waals surface area contributed by atoms with Gasteiger partial charge in [-0.15, -0.1) is 0 Å². The van der Waals surface area contributed by atoms with E-state index in [4.69, 9.17) is 13.9 Å². The first-order chi connectivity index (χ1) is 15.5. The predicted octanol–water partition coefficient (Wildman–Crippen LogP) is 5.86. The molecule has 162 valence electrons. The van der Waals surface area contributed by atoms with Crippen molar-refractivity contribution in [1.29, 1.82) is 0 Å². The summed E-state index contributed by atoms with van der Waals surface area (Å²) in [6.07, 6.45) is 1.52. The number of nitrogens with zero attached hydrogens (tertiary/aromatic N) is 1. The Balaban J connectivity index is 1.48. The number of carbonyl (C=O) groups excluding carboxylic acids is 1. The van der Waals surface area contributed by atoms with Crippen molar-refractivity contribution in [2.24, 2.45) is 5.10 Å². The minimum absolute atomic E-state index is 0.204. The van der Waals surface area contributed by atoms with Gasteiger partial charge in [-0.05, 0) is 69.0 Å². The van der Waals surface area contributed by atoms with Crippen LogP contribution in [0.5, 0.6) is 11.5 Å². The lowest BCUT2D eigenvalue weighted by atomic mass is 10.1. The van der Waals surface area contributed by atoms with Crippen LogP contribution in [0.25, 0.3) is 10.8 Å². The second kappa shape index (κ2) is 9.70. The SMILES string of the molecule is COc1cc(/C=N/NC(=O)c2ccc(C)o2)cc(Br)c1OCc1cccc2ccccc12. The summed E-state index contributed by atoms with van der Waals surface area (Å²) >= 11 is 3.55. The average molecular weight is 493 g/mol. The van der Waals surface area contributed by atoms with Gasteiger partial charge >= 0.3 is 5.91 Å². The fourth-order valence-corrected chi connectivity index (χ4v) is 3.87. The van der Waals surface area contributed by atoms with Gasteiger partial charge in [-0.2, -0.15) is 5.10 Å². The first-order valence-corrected chi connectivity index (χ1v) is 10.7. The number of hydrazone groups is 1. The molecule has 0 radical (unpaired) electrons. The number of benzene rings is 3. The standard InChI is InChI=1S/C25H21BrN2O4/c1-16-10-11-22(32-16)25(29)28-27-14-17-12-21(26)24(23(13-17)30-2)31-15-19-8-5-7-18-6-3-4-9-20(18)19/h3-14H,15H2,1-2H3,(H,28,29)/b27-14+. The third-order valence-corrected chi connectivity index (χ3v) is 5.44. The van der Waals surface area contributed by atoms with Gasteiger partial charge in [0, 0.05) is 0 Å². The number of hydrogen-bond donors (Lipinski definition) is 1. The largest absolute Gasteiger partial charge is 0.493 e. The van der Waals surface area contributed by atoms with Crippen molar-refractivity contribution < 1.29 is 18.7 Å². The molecule has 0 atom stereocenters. The molecule has 0 bridgehead atoms. The fourth-order valence-electron chi connectivity index (χ4n) is 3.30. The second-order valence-corrected chi connectivity index (χ2v) is 7.92. The number of furan rings is 1. The maximum atomic E-state index is 12.0. The lowest BCUT2D eigenvalue weighted by molar-refractivity contribution is 0.0926. The third-order valence-electron chi connectivity index (χ3n) is 4.85. The number of halogens is 1. The summed E-state index contributed by atoms with van der Waals surface area (Å²) in [5.74, 6) is 1.58. The maximum absolute atomic E-state index is 12.0. The van der Waals surface area contributed by atoms with Gasteiger partial charge in [-0.25, -0.2) is 5.43 Å². The summed E-state index contributed by atoms with van der Waals surface area (Å²) < 4.78 is 17.6. The van der Waals surface area contributed by atoms with Gasteiger partial charge in [0.05, 0.1) is 17.8 Å². The van der Waals surface area contributed by atoms with Crippen molar-refractivity contribution in [1.82, 2.24) is 5.43 Å². The molecule has 0 saturated heterocycles. The van der Waals surface area contributed by atoms with Crippen LogP contribution in [-0.2, 0) is 6.61 Å². The first kappa shape index (κ1) is 21.6. The third kappa shape index (κ3) is 4.84. The molecule has 6 nitrogen and oxygen atoms in total. The van der Waals surface area contributed by atoms with Crippen LogP contribution in [0.15, 0.2) is 80.7 Å². The van der Waals surface area contributed by atoms with E-state index < -0.39 is 5.91 Å². The highest BCUT2D eigenvalue weighted by Crippen LogP contribution is 2.37. The van der Waals surface area contributed by atoms with E-state index >= 15 is 0 Å². The van der Waals surface area contributed by atoms with Crippen molar-refractivity contribution in [3.05, 3.63) is 93.9 Å². The molecule has 4 rings (SSSR count). The second-order valence-electron chi connectivity index (χ2n) is 7.07. The van der Waals surface area contributed by atoms with Gasteiger partial charge in [0.1, 0.15) is 12.4 Å². The van der Waals surface area contributed by atoms with Gasteiger partial charge in [0.2, 0.25) is 0 Å². The smallest absolute Gasteiger partial charge is 0.307 e. The number of amides is 1. The number of carbonyl (C=O) groups is 1. The zero-order valence-electron chi connectivity index (χ0n) is 17.6. The molecule has 0 aliphatic carbocycles. The molecule has 0 fully saturated rings. The Morgan fingerprint density at radius 2 is 1.94 bits per heavy atom. The number of fused-ring (bicyclic) bond motifs is 1. The Hall–Kier alpha value is -3.58. The summed E-state index contributed by atoms with van der Waals surface area (Å²) in [5, 5.41) is 6.31. The Morgan fingerprint density at radius 1 is 1.12 bits per heavy atom. The monoisotopic (exact) mass is 492 g/mol. The van der Waals surface area contributed by atoms with Crippen LogP contribution >= 0.6 is 15.9 Å². The Bertz CT molecular complexity index is 1290. The van der Waals surface area contributed by atoms with Crippen LogP contribution in [0.1, 0.15) is 27.4 Å². The molecule has 3 aromatic carbocycles. The Labute approximate surface area is 194 Å². The average Bonchev–Trinajstić information content (AvgIpc) is 3.24. The molecular weight excluding hydrogens is 472 g/mol. The van der Waals surface area contributed by atoms with Crippen LogP contribution in [0.4, 0.5) is 0 Å². The van der Waals surface area contributed by atoms with Crippen LogP contribution in [0.2, 0.25) is 0 Å². The summed E-state index contributed by atoms with van der Waals surface area (Å²) in [4.78, 5) is 12.0. The minimum Gasteiger partial charge on any atom is -0.493 e. The fraction of sp³-hybridized carbons (Fsp3) is 0.120. The number of rotatable bonds is 7. The number of aryl methyl sites for hydroxylation is 1. The molecule has 32 heavy (non-hydrogen) atoms. The van der Waals surface area contributed by atoms with Crippen LogP contribution in [-0.4, -0.2) is 19.2 Å². The quantitative estimate of drug-likeness (QED) is 0.259. The van der Waals surface area contributed by atoms with Crippen LogP contribution in [0.3, 0.4) is 0 Å². The molecule has 1 heterocycles. The molecule has 0 spiro atoms. The molecule has 0 aliphatic heterocycles. The van der Waals surface area contributed by atoms with E-state index in [1.807, 2.05) is 30.3 Å². The van der Waals surface area contributed by atoms with E-state index in [9.17, 15) is 4.79 Å². The number of hydrogen-bond acceptors (Lipinski definition) is 5. The maximum Gasteiger partial charge on any atom is 0.307 e. The number of methoxy groups -OCH3 is 1. The van der Waals surface area contributed by atoms with Gasteiger partial charge in [-0.1, -0.05) is 42.5 Å². The van der Waals surface area contributed by atoms with E-state index in [1.54, 1.807) is 32.2 Å². The van der Waals surface area contributed by atoms with Gasteiger partial charge in [-0.3, -0.25) is 4.79 Å².